The van der Waals surface area contributed by atoms with Crippen LogP contribution in [0.2, 0.25) is 0 Å². The van der Waals surface area contributed by atoms with Gasteiger partial charge in [-0.25, -0.2) is 10.8 Å². The molecule has 0 aliphatic heterocycles. The molecule has 0 aliphatic rings. The van der Waals surface area contributed by atoms with Crippen molar-refractivity contribution in [1.29, 1.82) is 0 Å². The zero-order valence-corrected chi connectivity index (χ0v) is 9.93. The van der Waals surface area contributed by atoms with Crippen molar-refractivity contribution in [3.05, 3.63) is 18.1 Å². The second kappa shape index (κ2) is 6.77. The number of nitrogen functional groups attached to an aromatic ring is 1. The molecule has 94 valence electrons. The maximum Gasteiger partial charge on any atom is 0.271 e. The van der Waals surface area contributed by atoms with Gasteiger partial charge in [-0.05, 0) is 13.8 Å². The van der Waals surface area contributed by atoms with Crippen LogP contribution in [0.4, 0.5) is 5.82 Å². The molecular weight excluding hydrogens is 222 g/mol. The Morgan fingerprint density at radius 3 is 3.00 bits per heavy atom. The molecule has 17 heavy (non-hydrogen) atoms. The Labute approximate surface area is 99.7 Å². The Morgan fingerprint density at radius 2 is 2.35 bits per heavy atom. The number of carbonyl (C=O) groups excluding carboxylic acids is 1. The number of hydrogen-bond acceptors (Lipinski definition) is 6. The van der Waals surface area contributed by atoms with Gasteiger partial charge >= 0.3 is 0 Å². The van der Waals surface area contributed by atoms with E-state index in [1.165, 1.54) is 12.4 Å². The SMILES string of the molecule is CCOCC(C)NC(=O)c1cncc(NN)n1. The Kier molecular flexibility index (Phi) is 5.31. The number of aromatic nitrogens is 2. The topological polar surface area (TPSA) is 102 Å². The molecule has 0 bridgehead atoms. The molecule has 1 rings (SSSR count). The standard InChI is InChI=1S/C10H17N5O2/c1-3-17-6-7(2)13-10(16)8-4-12-5-9(14-8)15-11/h4-5,7H,3,6,11H2,1-2H3,(H,13,16)(H,14,15). The van der Waals surface area contributed by atoms with E-state index in [-0.39, 0.29) is 17.6 Å². The van der Waals surface area contributed by atoms with Crippen molar-refractivity contribution in [1.82, 2.24) is 15.3 Å². The molecule has 0 aromatic carbocycles. The van der Waals surface area contributed by atoms with Gasteiger partial charge in [0.15, 0.2) is 5.82 Å². The first-order chi connectivity index (χ1) is 8.17. The van der Waals surface area contributed by atoms with E-state index in [4.69, 9.17) is 10.6 Å². The minimum Gasteiger partial charge on any atom is -0.380 e. The van der Waals surface area contributed by atoms with Crippen molar-refractivity contribution in [2.24, 2.45) is 5.84 Å². The zero-order chi connectivity index (χ0) is 12.7. The predicted octanol–water partition coefficient (Wildman–Crippen LogP) is -0.0830. The van der Waals surface area contributed by atoms with E-state index in [9.17, 15) is 4.79 Å². The Hall–Kier alpha value is -1.73. The van der Waals surface area contributed by atoms with Crippen molar-refractivity contribution in [3.63, 3.8) is 0 Å². The molecule has 1 unspecified atom stereocenters. The first-order valence-electron chi connectivity index (χ1n) is 5.34. The molecule has 0 saturated heterocycles. The van der Waals surface area contributed by atoms with Crippen molar-refractivity contribution in [3.8, 4) is 0 Å². The lowest BCUT2D eigenvalue weighted by molar-refractivity contribution is 0.0867. The van der Waals surface area contributed by atoms with Gasteiger partial charge in [-0.2, -0.15) is 0 Å². The maximum atomic E-state index is 11.7. The number of nitrogens with zero attached hydrogens (tertiary/aromatic N) is 2. The molecule has 1 amide bonds. The molecule has 0 fully saturated rings. The number of hydrazine groups is 1. The van der Waals surface area contributed by atoms with Crippen LogP contribution in [0.25, 0.3) is 0 Å². The van der Waals surface area contributed by atoms with Crippen LogP contribution in [0.5, 0.6) is 0 Å². The largest absolute Gasteiger partial charge is 0.380 e. The first-order valence-corrected chi connectivity index (χ1v) is 5.34. The fourth-order valence-corrected chi connectivity index (χ4v) is 1.18. The molecule has 0 saturated carbocycles. The Morgan fingerprint density at radius 1 is 1.59 bits per heavy atom. The third kappa shape index (κ3) is 4.33. The molecule has 1 atom stereocenters. The summed E-state index contributed by atoms with van der Waals surface area (Å²) in [6, 6.07) is -0.0845. The van der Waals surface area contributed by atoms with Crippen LogP contribution in [0.15, 0.2) is 12.4 Å². The Balaban J connectivity index is 2.56. The number of carbonyl (C=O) groups is 1. The fraction of sp³-hybridized carbons (Fsp3) is 0.500. The van der Waals surface area contributed by atoms with Crippen LogP contribution in [0.1, 0.15) is 24.3 Å². The number of nitrogens with one attached hydrogen (secondary N) is 2. The van der Waals surface area contributed by atoms with Gasteiger partial charge in [0, 0.05) is 12.6 Å². The van der Waals surface area contributed by atoms with Gasteiger partial charge in [0.1, 0.15) is 5.69 Å². The summed E-state index contributed by atoms with van der Waals surface area (Å²) in [5, 5.41) is 2.75. The zero-order valence-electron chi connectivity index (χ0n) is 9.93. The highest BCUT2D eigenvalue weighted by Gasteiger charge is 2.11. The summed E-state index contributed by atoms with van der Waals surface area (Å²) in [7, 11) is 0. The van der Waals surface area contributed by atoms with Gasteiger partial charge in [-0.15, -0.1) is 0 Å². The summed E-state index contributed by atoms with van der Waals surface area (Å²) in [5.41, 5.74) is 2.54. The van der Waals surface area contributed by atoms with E-state index in [0.29, 0.717) is 19.0 Å². The lowest BCUT2D eigenvalue weighted by Gasteiger charge is -2.13. The van der Waals surface area contributed by atoms with Crippen molar-refractivity contribution in [2.45, 2.75) is 19.9 Å². The summed E-state index contributed by atoms with van der Waals surface area (Å²) in [6.07, 6.45) is 2.81. The molecular formula is C10H17N5O2. The number of ether oxygens (including phenoxy) is 1. The van der Waals surface area contributed by atoms with Crippen LogP contribution < -0.4 is 16.6 Å². The lowest BCUT2D eigenvalue weighted by Crippen LogP contribution is -2.36. The monoisotopic (exact) mass is 239 g/mol. The van der Waals surface area contributed by atoms with Crippen molar-refractivity contribution in [2.75, 3.05) is 18.6 Å². The summed E-state index contributed by atoms with van der Waals surface area (Å²) in [6.45, 7) is 4.83. The molecule has 1 aromatic rings. The van der Waals surface area contributed by atoms with Gasteiger partial charge in [0.05, 0.1) is 19.0 Å². The highest BCUT2D eigenvalue weighted by atomic mass is 16.5. The Bertz CT molecular complexity index is 371. The second-order valence-electron chi connectivity index (χ2n) is 3.47. The van der Waals surface area contributed by atoms with Gasteiger partial charge in [-0.1, -0.05) is 0 Å². The summed E-state index contributed by atoms with van der Waals surface area (Å²) >= 11 is 0. The molecule has 7 heteroatoms. The molecule has 7 nitrogen and oxygen atoms in total. The third-order valence-corrected chi connectivity index (χ3v) is 1.96. The summed E-state index contributed by atoms with van der Waals surface area (Å²) in [5.74, 6) is 5.22. The number of hydrogen-bond donors (Lipinski definition) is 3. The van der Waals surface area contributed by atoms with Gasteiger partial charge in [0.25, 0.3) is 5.91 Å². The van der Waals surface area contributed by atoms with Crippen LogP contribution in [0.3, 0.4) is 0 Å². The minimum atomic E-state index is -0.304. The van der Waals surface area contributed by atoms with Gasteiger partial charge in [-0.3, -0.25) is 9.78 Å². The fourth-order valence-electron chi connectivity index (χ4n) is 1.18. The second-order valence-corrected chi connectivity index (χ2v) is 3.47. The van der Waals surface area contributed by atoms with Crippen LogP contribution in [-0.4, -0.2) is 35.1 Å². The highest BCUT2D eigenvalue weighted by Crippen LogP contribution is 2.00. The quantitative estimate of drug-likeness (QED) is 0.474. The van der Waals surface area contributed by atoms with Crippen molar-refractivity contribution < 1.29 is 9.53 Å². The van der Waals surface area contributed by atoms with E-state index in [2.05, 4.69) is 20.7 Å². The average molecular weight is 239 g/mol. The van der Waals surface area contributed by atoms with E-state index < -0.39 is 0 Å². The van der Waals surface area contributed by atoms with Gasteiger partial charge < -0.3 is 15.5 Å². The summed E-state index contributed by atoms with van der Waals surface area (Å²) in [4.78, 5) is 19.6. The number of anilines is 1. The highest BCUT2D eigenvalue weighted by molar-refractivity contribution is 5.92. The molecule has 1 heterocycles. The summed E-state index contributed by atoms with van der Waals surface area (Å²) < 4.78 is 5.19. The molecule has 0 aliphatic carbocycles. The normalized spacial score (nSPS) is 11.9. The average Bonchev–Trinajstić information content (AvgIpc) is 2.36. The molecule has 0 spiro atoms. The minimum absolute atomic E-state index is 0.0845. The molecule has 4 N–H and O–H groups in total. The van der Waals surface area contributed by atoms with Crippen molar-refractivity contribution >= 4 is 11.7 Å². The van der Waals surface area contributed by atoms with Crippen LogP contribution in [-0.2, 0) is 4.74 Å². The molecule has 0 radical (unpaired) electrons. The van der Waals surface area contributed by atoms with E-state index in [0.717, 1.165) is 0 Å². The first kappa shape index (κ1) is 13.3. The van der Waals surface area contributed by atoms with Crippen LogP contribution >= 0.6 is 0 Å². The third-order valence-electron chi connectivity index (χ3n) is 1.96. The maximum absolute atomic E-state index is 11.7. The number of amides is 1. The number of rotatable bonds is 6. The number of nitrogens with two attached hydrogens (primary N) is 1. The van der Waals surface area contributed by atoms with Crippen LogP contribution in [0, 0.1) is 0 Å². The predicted molar refractivity (Wildman–Crippen MR) is 63.3 cm³/mol. The lowest BCUT2D eigenvalue weighted by atomic mass is 10.3. The van der Waals surface area contributed by atoms with E-state index >= 15 is 0 Å². The van der Waals surface area contributed by atoms with E-state index in [1.54, 1.807) is 0 Å². The van der Waals surface area contributed by atoms with Gasteiger partial charge in [0.2, 0.25) is 0 Å². The van der Waals surface area contributed by atoms with E-state index in [1.807, 2.05) is 13.8 Å². The molecule has 1 aromatic heterocycles. The smallest absolute Gasteiger partial charge is 0.271 e.